The fourth-order valence-corrected chi connectivity index (χ4v) is 4.18. The van der Waals surface area contributed by atoms with Crippen LogP contribution in [0.5, 0.6) is 0 Å². The van der Waals surface area contributed by atoms with Gasteiger partial charge in [-0.05, 0) is 54.9 Å². The van der Waals surface area contributed by atoms with Gasteiger partial charge in [-0.25, -0.2) is 9.97 Å². The first-order chi connectivity index (χ1) is 14.3. The van der Waals surface area contributed by atoms with Crippen LogP contribution in [0.25, 0.3) is 0 Å². The molecule has 5 nitrogen and oxygen atoms in total. The minimum absolute atomic E-state index is 0.0944. The second kappa shape index (κ2) is 7.04. The number of amides is 1. The number of carbonyl (C=O) groups is 1. The Morgan fingerprint density at radius 1 is 1.13 bits per heavy atom. The summed E-state index contributed by atoms with van der Waals surface area (Å²) in [5.74, 6) is 0.670. The van der Waals surface area contributed by atoms with Crippen LogP contribution >= 0.6 is 0 Å². The van der Waals surface area contributed by atoms with E-state index >= 15 is 0 Å². The van der Waals surface area contributed by atoms with E-state index in [4.69, 9.17) is 4.74 Å². The van der Waals surface area contributed by atoms with Crippen molar-refractivity contribution in [3.63, 3.8) is 0 Å². The van der Waals surface area contributed by atoms with Gasteiger partial charge < -0.3 is 9.64 Å². The molecule has 1 spiro atoms. The molecular weight excluding hydrogens is 395 g/mol. The number of alkyl halides is 3. The lowest BCUT2D eigenvalue weighted by Gasteiger charge is -2.57. The molecule has 2 aliphatic heterocycles. The molecule has 5 rings (SSSR count). The Morgan fingerprint density at radius 3 is 2.40 bits per heavy atom. The molecular formula is C22H22F3N3O2. The van der Waals surface area contributed by atoms with E-state index in [-0.39, 0.29) is 17.4 Å². The van der Waals surface area contributed by atoms with Gasteiger partial charge in [-0.3, -0.25) is 4.79 Å². The van der Waals surface area contributed by atoms with Crippen molar-refractivity contribution in [2.24, 2.45) is 0 Å². The van der Waals surface area contributed by atoms with Gasteiger partial charge in [-0.2, -0.15) is 13.2 Å². The predicted octanol–water partition coefficient (Wildman–Crippen LogP) is 3.77. The number of benzene rings is 1. The molecule has 3 heterocycles. The number of nitrogens with zero attached hydrogens (tertiary/aromatic N) is 3. The smallest absolute Gasteiger partial charge is 0.376 e. The maximum absolute atomic E-state index is 13.2. The summed E-state index contributed by atoms with van der Waals surface area (Å²) in [6, 6.07) is 4.36. The Morgan fingerprint density at radius 2 is 1.87 bits per heavy atom. The molecule has 3 aliphatic rings. The molecule has 1 amide bonds. The van der Waals surface area contributed by atoms with Crippen molar-refractivity contribution in [1.29, 1.82) is 0 Å². The molecule has 1 aromatic heterocycles. The average molecular weight is 417 g/mol. The van der Waals surface area contributed by atoms with E-state index in [2.05, 4.69) is 9.97 Å². The summed E-state index contributed by atoms with van der Waals surface area (Å²) in [6.07, 6.45) is 2.36. The summed E-state index contributed by atoms with van der Waals surface area (Å²) in [7, 11) is 0. The Hall–Kier alpha value is -2.48. The number of carbonyl (C=O) groups excluding carboxylic acids is 1. The number of hydrogen-bond acceptors (Lipinski definition) is 4. The van der Waals surface area contributed by atoms with Crippen LogP contribution in [0.3, 0.4) is 0 Å². The number of hydrogen-bond donors (Lipinski definition) is 0. The van der Waals surface area contributed by atoms with E-state index in [1.54, 1.807) is 0 Å². The van der Waals surface area contributed by atoms with Crippen LogP contribution in [-0.4, -0.2) is 46.1 Å². The third-order valence-corrected chi connectivity index (χ3v) is 6.34. The maximum atomic E-state index is 13.2. The van der Waals surface area contributed by atoms with Crippen LogP contribution in [0.1, 0.15) is 58.1 Å². The van der Waals surface area contributed by atoms with E-state index in [0.29, 0.717) is 49.6 Å². The van der Waals surface area contributed by atoms with Gasteiger partial charge in [0.2, 0.25) is 0 Å². The molecule has 0 radical (unpaired) electrons. The summed E-state index contributed by atoms with van der Waals surface area (Å²) in [6.45, 7) is 1.87. The van der Waals surface area contributed by atoms with Gasteiger partial charge in [-0.1, -0.05) is 6.07 Å². The van der Waals surface area contributed by atoms with Gasteiger partial charge in [0.25, 0.3) is 5.91 Å². The number of halogens is 3. The molecule has 0 bridgehead atoms. The van der Waals surface area contributed by atoms with Crippen molar-refractivity contribution >= 4 is 5.91 Å². The highest BCUT2D eigenvalue weighted by molar-refractivity contribution is 5.94. The number of ether oxygens (including phenoxy) is 1. The summed E-state index contributed by atoms with van der Waals surface area (Å²) in [4.78, 5) is 23.0. The van der Waals surface area contributed by atoms with Crippen molar-refractivity contribution < 1.29 is 22.7 Å². The third kappa shape index (κ3) is 3.57. The van der Waals surface area contributed by atoms with Gasteiger partial charge in [0.05, 0.1) is 29.9 Å². The first kappa shape index (κ1) is 19.5. The van der Waals surface area contributed by atoms with Crippen molar-refractivity contribution in [2.45, 2.75) is 49.7 Å². The summed E-state index contributed by atoms with van der Waals surface area (Å²) >= 11 is 0. The highest BCUT2D eigenvalue weighted by atomic mass is 19.4. The summed E-state index contributed by atoms with van der Waals surface area (Å²) in [5, 5.41) is 0. The van der Waals surface area contributed by atoms with Crippen LogP contribution in [0.15, 0.2) is 30.6 Å². The van der Waals surface area contributed by atoms with Gasteiger partial charge in [0.15, 0.2) is 0 Å². The Kier molecular flexibility index (Phi) is 4.57. The number of aryl methyl sites for hydroxylation is 2. The molecule has 0 unspecified atom stereocenters. The molecule has 2 saturated heterocycles. The van der Waals surface area contributed by atoms with E-state index < -0.39 is 11.7 Å². The minimum Gasteiger partial charge on any atom is -0.376 e. The van der Waals surface area contributed by atoms with Crippen LogP contribution in [-0.2, 0) is 23.8 Å². The zero-order valence-corrected chi connectivity index (χ0v) is 16.4. The van der Waals surface area contributed by atoms with Crippen molar-refractivity contribution in [3.8, 4) is 0 Å². The van der Waals surface area contributed by atoms with Gasteiger partial charge >= 0.3 is 6.18 Å². The molecule has 0 N–H and O–H groups in total. The second-order valence-corrected chi connectivity index (χ2v) is 8.55. The van der Waals surface area contributed by atoms with Crippen LogP contribution < -0.4 is 0 Å². The molecule has 2 aromatic rings. The van der Waals surface area contributed by atoms with Gasteiger partial charge in [0, 0.05) is 25.4 Å². The highest BCUT2D eigenvalue weighted by Crippen LogP contribution is 2.42. The SMILES string of the molecule is O=C(c1cnc(CCc2cc(C3CC3)cc(C(F)(F)F)c2)nc1)N1CCC12COC2. The lowest BCUT2D eigenvalue weighted by molar-refractivity contribution is -0.172. The largest absolute Gasteiger partial charge is 0.416 e. The zero-order chi connectivity index (χ0) is 20.9. The average Bonchev–Trinajstić information content (AvgIpc) is 3.49. The Balaban J connectivity index is 1.26. The predicted molar refractivity (Wildman–Crippen MR) is 102 cm³/mol. The van der Waals surface area contributed by atoms with E-state index in [9.17, 15) is 18.0 Å². The van der Waals surface area contributed by atoms with Crippen molar-refractivity contribution in [3.05, 3.63) is 58.7 Å². The molecule has 158 valence electrons. The lowest BCUT2D eigenvalue weighted by atomic mass is 9.82. The number of aromatic nitrogens is 2. The molecule has 1 aliphatic carbocycles. The van der Waals surface area contributed by atoms with E-state index in [1.807, 2.05) is 11.0 Å². The van der Waals surface area contributed by atoms with Crippen LogP contribution in [0, 0.1) is 0 Å². The summed E-state index contributed by atoms with van der Waals surface area (Å²) < 4.78 is 44.9. The van der Waals surface area contributed by atoms with Gasteiger partial charge in [-0.15, -0.1) is 0 Å². The first-order valence-corrected chi connectivity index (χ1v) is 10.3. The molecule has 1 saturated carbocycles. The fourth-order valence-electron chi connectivity index (χ4n) is 4.18. The quantitative estimate of drug-likeness (QED) is 0.743. The van der Waals surface area contributed by atoms with Crippen LogP contribution in [0.4, 0.5) is 13.2 Å². The standard InChI is InChI=1S/C22H22F3N3O2/c23-22(24,25)18-8-14(7-16(9-18)15-2-3-15)1-4-19-26-10-17(11-27-19)20(29)28-6-5-21(28)12-30-13-21/h7-11,15H,1-6,12-13H2. The minimum atomic E-state index is -4.35. The Labute approximate surface area is 172 Å². The molecule has 30 heavy (non-hydrogen) atoms. The van der Waals surface area contributed by atoms with E-state index in [0.717, 1.165) is 24.8 Å². The number of rotatable bonds is 5. The second-order valence-electron chi connectivity index (χ2n) is 8.55. The summed E-state index contributed by atoms with van der Waals surface area (Å²) in [5.41, 5.74) is 1.11. The molecule has 1 aromatic carbocycles. The third-order valence-electron chi connectivity index (χ3n) is 6.34. The fraction of sp³-hybridized carbons (Fsp3) is 0.500. The first-order valence-electron chi connectivity index (χ1n) is 10.3. The maximum Gasteiger partial charge on any atom is 0.416 e. The normalized spacial score (nSPS) is 20.0. The monoisotopic (exact) mass is 417 g/mol. The molecule has 0 atom stereocenters. The zero-order valence-electron chi connectivity index (χ0n) is 16.4. The van der Waals surface area contributed by atoms with E-state index in [1.165, 1.54) is 24.5 Å². The molecule has 8 heteroatoms. The lowest BCUT2D eigenvalue weighted by Crippen LogP contribution is -2.72. The Bertz CT molecular complexity index is 961. The van der Waals surface area contributed by atoms with Gasteiger partial charge in [0.1, 0.15) is 5.82 Å². The topological polar surface area (TPSA) is 55.3 Å². The molecule has 3 fully saturated rings. The van der Waals surface area contributed by atoms with Crippen molar-refractivity contribution in [2.75, 3.05) is 19.8 Å². The number of likely N-dealkylation sites (tertiary alicyclic amines) is 1. The van der Waals surface area contributed by atoms with Crippen molar-refractivity contribution in [1.82, 2.24) is 14.9 Å². The highest BCUT2D eigenvalue weighted by Gasteiger charge is 2.53. The van der Waals surface area contributed by atoms with Crippen LogP contribution in [0.2, 0.25) is 0 Å².